The predicted molar refractivity (Wildman–Crippen MR) is 83.4 cm³/mol. The number of nitrogens with one attached hydrogen (secondary N) is 1. The van der Waals surface area contributed by atoms with E-state index in [1.165, 1.54) is 32.1 Å². The van der Waals surface area contributed by atoms with Crippen LogP contribution >= 0.6 is 11.3 Å². The lowest BCUT2D eigenvalue weighted by atomic mass is 9.96. The van der Waals surface area contributed by atoms with Gasteiger partial charge in [-0.1, -0.05) is 19.3 Å². The number of hydrogen-bond acceptors (Lipinski definition) is 4. The number of aryl methyl sites for hydroxylation is 1. The van der Waals surface area contributed by atoms with Gasteiger partial charge in [0.05, 0.1) is 11.7 Å². The van der Waals surface area contributed by atoms with Gasteiger partial charge in [0.25, 0.3) is 0 Å². The van der Waals surface area contributed by atoms with E-state index in [0.29, 0.717) is 6.04 Å². The quantitative estimate of drug-likeness (QED) is 0.925. The van der Waals surface area contributed by atoms with E-state index in [9.17, 15) is 0 Å². The summed E-state index contributed by atoms with van der Waals surface area (Å²) >= 11 is 1.70. The highest BCUT2D eigenvalue weighted by Crippen LogP contribution is 2.27. The summed E-state index contributed by atoms with van der Waals surface area (Å²) in [5.74, 6) is 0.997. The van der Waals surface area contributed by atoms with Gasteiger partial charge in [-0.3, -0.25) is 0 Å². The highest BCUT2D eigenvalue weighted by Gasteiger charge is 2.19. The third kappa shape index (κ3) is 2.87. The van der Waals surface area contributed by atoms with Crippen LogP contribution in [0, 0.1) is 6.92 Å². The molecular weight excluding hydrogens is 268 g/mol. The first-order chi connectivity index (χ1) is 9.74. The van der Waals surface area contributed by atoms with Crippen molar-refractivity contribution in [1.82, 2.24) is 14.5 Å². The summed E-state index contributed by atoms with van der Waals surface area (Å²) in [6.07, 6.45) is 10.6. The third-order valence-electron chi connectivity index (χ3n) is 4.02. The molecule has 0 aromatic carbocycles. The number of thiazole rings is 1. The Morgan fingerprint density at radius 3 is 2.85 bits per heavy atom. The molecule has 1 aliphatic rings. The molecule has 0 radical (unpaired) electrons. The second-order valence-electron chi connectivity index (χ2n) is 5.64. The van der Waals surface area contributed by atoms with E-state index in [2.05, 4.69) is 39.9 Å². The fraction of sp³-hybridized carbons (Fsp3) is 0.600. The molecular formula is C15H22N4S. The Bertz CT molecular complexity index is 540. The molecule has 0 bridgehead atoms. The Kier molecular flexibility index (Phi) is 4.05. The van der Waals surface area contributed by atoms with Crippen molar-refractivity contribution < 1.29 is 0 Å². The van der Waals surface area contributed by atoms with Crippen molar-refractivity contribution in [2.45, 2.75) is 58.0 Å². The molecule has 1 fully saturated rings. The zero-order valence-electron chi connectivity index (χ0n) is 12.2. The van der Waals surface area contributed by atoms with Gasteiger partial charge in [-0.25, -0.2) is 9.97 Å². The highest BCUT2D eigenvalue weighted by molar-refractivity contribution is 7.09. The molecule has 1 atom stereocenters. The molecule has 3 rings (SSSR count). The average Bonchev–Trinajstić information content (AvgIpc) is 3.09. The number of aromatic nitrogens is 3. The van der Waals surface area contributed by atoms with Gasteiger partial charge >= 0.3 is 0 Å². The molecule has 0 spiro atoms. The summed E-state index contributed by atoms with van der Waals surface area (Å²) in [7, 11) is 0. The van der Waals surface area contributed by atoms with Gasteiger partial charge < -0.3 is 9.88 Å². The molecule has 20 heavy (non-hydrogen) atoms. The Balaban J connectivity index is 1.80. The summed E-state index contributed by atoms with van der Waals surface area (Å²) in [6.45, 7) is 4.24. The molecule has 2 aromatic rings. The topological polar surface area (TPSA) is 42.7 Å². The van der Waals surface area contributed by atoms with Crippen molar-refractivity contribution in [2.24, 2.45) is 0 Å². The first kappa shape index (κ1) is 13.6. The second-order valence-corrected chi connectivity index (χ2v) is 6.56. The molecule has 108 valence electrons. The van der Waals surface area contributed by atoms with Crippen LogP contribution in [-0.4, -0.2) is 20.6 Å². The lowest BCUT2D eigenvalue weighted by Crippen LogP contribution is -2.25. The monoisotopic (exact) mass is 290 g/mol. The average molecular weight is 290 g/mol. The Morgan fingerprint density at radius 2 is 2.15 bits per heavy atom. The maximum atomic E-state index is 4.66. The van der Waals surface area contributed by atoms with Crippen LogP contribution in [0.1, 0.15) is 55.8 Å². The highest BCUT2D eigenvalue weighted by atomic mass is 32.1. The lowest BCUT2D eigenvalue weighted by Gasteiger charge is -2.24. The zero-order valence-corrected chi connectivity index (χ0v) is 13.0. The largest absolute Gasteiger partial charge is 0.353 e. The first-order valence-electron chi connectivity index (χ1n) is 7.45. The SMILES string of the molecule is Cc1cn(C(C)c2nccs2)c(NC2CCCCC2)n1. The summed E-state index contributed by atoms with van der Waals surface area (Å²) in [6, 6.07) is 0.815. The minimum atomic E-state index is 0.238. The number of rotatable bonds is 4. The fourth-order valence-electron chi connectivity index (χ4n) is 2.91. The molecule has 5 heteroatoms. The summed E-state index contributed by atoms with van der Waals surface area (Å²) in [4.78, 5) is 9.10. The van der Waals surface area contributed by atoms with Crippen molar-refractivity contribution in [3.05, 3.63) is 28.5 Å². The van der Waals surface area contributed by atoms with E-state index in [4.69, 9.17) is 0 Å². The summed E-state index contributed by atoms with van der Waals surface area (Å²) < 4.78 is 2.22. The van der Waals surface area contributed by atoms with E-state index in [0.717, 1.165) is 16.6 Å². The maximum Gasteiger partial charge on any atom is 0.203 e. The molecule has 0 amide bonds. The van der Waals surface area contributed by atoms with Gasteiger partial charge in [-0.15, -0.1) is 11.3 Å². The lowest BCUT2D eigenvalue weighted by molar-refractivity contribution is 0.458. The van der Waals surface area contributed by atoms with E-state index >= 15 is 0 Å². The van der Waals surface area contributed by atoms with Crippen LogP contribution < -0.4 is 5.32 Å². The molecule has 1 N–H and O–H groups in total. The van der Waals surface area contributed by atoms with E-state index < -0.39 is 0 Å². The third-order valence-corrected chi connectivity index (χ3v) is 4.96. The zero-order chi connectivity index (χ0) is 13.9. The number of hydrogen-bond donors (Lipinski definition) is 1. The number of anilines is 1. The summed E-state index contributed by atoms with van der Waals surface area (Å²) in [5, 5.41) is 6.81. The summed E-state index contributed by atoms with van der Waals surface area (Å²) in [5.41, 5.74) is 1.06. The van der Waals surface area contributed by atoms with Crippen LogP contribution in [0.5, 0.6) is 0 Å². The van der Waals surface area contributed by atoms with Gasteiger partial charge in [0.1, 0.15) is 5.01 Å². The predicted octanol–water partition coefficient (Wildman–Crippen LogP) is 4.00. The van der Waals surface area contributed by atoms with Gasteiger partial charge in [-0.2, -0.15) is 0 Å². The smallest absolute Gasteiger partial charge is 0.203 e. The van der Waals surface area contributed by atoms with Crippen molar-refractivity contribution >= 4 is 17.3 Å². The van der Waals surface area contributed by atoms with Gasteiger partial charge in [0.2, 0.25) is 5.95 Å². The molecule has 1 unspecified atom stereocenters. The van der Waals surface area contributed by atoms with Crippen LogP contribution in [0.4, 0.5) is 5.95 Å². The molecule has 2 heterocycles. The van der Waals surface area contributed by atoms with E-state index in [1.807, 2.05) is 11.6 Å². The van der Waals surface area contributed by atoms with Crippen molar-refractivity contribution in [3.8, 4) is 0 Å². The van der Waals surface area contributed by atoms with Crippen LogP contribution in [0.25, 0.3) is 0 Å². The molecule has 1 aliphatic carbocycles. The van der Waals surface area contributed by atoms with Crippen LogP contribution in [0.3, 0.4) is 0 Å². The first-order valence-corrected chi connectivity index (χ1v) is 8.33. The minimum absolute atomic E-state index is 0.238. The molecule has 1 saturated carbocycles. The Hall–Kier alpha value is -1.36. The minimum Gasteiger partial charge on any atom is -0.353 e. The van der Waals surface area contributed by atoms with Crippen LogP contribution in [0.2, 0.25) is 0 Å². The maximum absolute atomic E-state index is 4.66. The Morgan fingerprint density at radius 1 is 1.35 bits per heavy atom. The standard InChI is InChI=1S/C15H22N4S/c1-11-10-19(12(2)14-16-8-9-20-14)15(17-11)18-13-6-4-3-5-7-13/h8-10,12-13H,3-7H2,1-2H3,(H,17,18). The second kappa shape index (κ2) is 5.95. The Labute approximate surface area is 124 Å². The van der Waals surface area contributed by atoms with Crippen LogP contribution in [0.15, 0.2) is 17.8 Å². The van der Waals surface area contributed by atoms with Gasteiger partial charge in [0, 0.05) is 23.8 Å². The fourth-order valence-corrected chi connectivity index (χ4v) is 3.60. The molecule has 4 nitrogen and oxygen atoms in total. The molecule has 2 aromatic heterocycles. The number of nitrogens with zero attached hydrogens (tertiary/aromatic N) is 3. The normalized spacial score (nSPS) is 18.1. The van der Waals surface area contributed by atoms with Crippen LogP contribution in [-0.2, 0) is 0 Å². The molecule has 0 saturated heterocycles. The van der Waals surface area contributed by atoms with Gasteiger partial charge in [-0.05, 0) is 26.7 Å². The van der Waals surface area contributed by atoms with Crippen molar-refractivity contribution in [2.75, 3.05) is 5.32 Å². The van der Waals surface area contributed by atoms with Crippen molar-refractivity contribution in [1.29, 1.82) is 0 Å². The van der Waals surface area contributed by atoms with Gasteiger partial charge in [0.15, 0.2) is 0 Å². The van der Waals surface area contributed by atoms with E-state index in [1.54, 1.807) is 11.3 Å². The molecule has 0 aliphatic heterocycles. The van der Waals surface area contributed by atoms with Crippen molar-refractivity contribution in [3.63, 3.8) is 0 Å². The van der Waals surface area contributed by atoms with E-state index in [-0.39, 0.29) is 6.04 Å². The number of imidazole rings is 1.